The molecule has 8 nitrogen and oxygen atoms in total. The summed E-state index contributed by atoms with van der Waals surface area (Å²) in [6.45, 7) is 22.2. The number of nitrogens with zero attached hydrogens (tertiary/aromatic N) is 7. The van der Waals surface area contributed by atoms with E-state index in [1.807, 2.05) is 6.92 Å². The quantitative estimate of drug-likeness (QED) is 0.404. The van der Waals surface area contributed by atoms with E-state index >= 15 is 4.39 Å². The highest BCUT2D eigenvalue weighted by molar-refractivity contribution is 5.48. The van der Waals surface area contributed by atoms with Crippen LogP contribution in [0.5, 0.6) is 0 Å². The van der Waals surface area contributed by atoms with E-state index in [0.29, 0.717) is 30.0 Å². The maximum absolute atomic E-state index is 15.4. The summed E-state index contributed by atoms with van der Waals surface area (Å²) in [6, 6.07) is 0.217. The van der Waals surface area contributed by atoms with Gasteiger partial charge in [-0.15, -0.1) is 0 Å². The summed E-state index contributed by atoms with van der Waals surface area (Å²) in [6.07, 6.45) is 3.91. The van der Waals surface area contributed by atoms with Gasteiger partial charge in [0.15, 0.2) is 0 Å². The van der Waals surface area contributed by atoms with Crippen molar-refractivity contribution in [3.63, 3.8) is 0 Å². The zero-order chi connectivity index (χ0) is 27.6. The summed E-state index contributed by atoms with van der Waals surface area (Å²) in [5.41, 5.74) is 4.28. The minimum absolute atomic E-state index is 0.115. The van der Waals surface area contributed by atoms with Crippen LogP contribution in [0.1, 0.15) is 101 Å². The first-order valence-electron chi connectivity index (χ1n) is 13.8. The maximum atomic E-state index is 15.4. The van der Waals surface area contributed by atoms with Crippen LogP contribution < -0.4 is 4.90 Å². The van der Waals surface area contributed by atoms with Gasteiger partial charge in [0.05, 0.1) is 5.69 Å². The molecule has 0 spiro atoms. The molecule has 1 saturated carbocycles. The number of aromatic nitrogens is 5. The van der Waals surface area contributed by atoms with Crippen molar-refractivity contribution >= 4 is 5.95 Å². The molecule has 3 aromatic rings. The van der Waals surface area contributed by atoms with Crippen molar-refractivity contribution in [1.29, 1.82) is 0 Å². The molecule has 0 amide bonds. The molecule has 5 rings (SSSR count). The molecule has 3 aromatic heterocycles. The summed E-state index contributed by atoms with van der Waals surface area (Å²) in [4.78, 5) is 18.6. The molecule has 1 aliphatic carbocycles. The van der Waals surface area contributed by atoms with Crippen molar-refractivity contribution < 1.29 is 8.91 Å². The van der Waals surface area contributed by atoms with Gasteiger partial charge in [0.25, 0.3) is 5.95 Å². The lowest BCUT2D eigenvalue weighted by Gasteiger charge is -2.39. The van der Waals surface area contributed by atoms with Gasteiger partial charge in [0.1, 0.15) is 11.5 Å². The van der Waals surface area contributed by atoms with Gasteiger partial charge < -0.3 is 9.42 Å². The molecule has 38 heavy (non-hydrogen) atoms. The molecule has 1 atom stereocenters. The van der Waals surface area contributed by atoms with Gasteiger partial charge in [-0.2, -0.15) is 9.37 Å². The van der Waals surface area contributed by atoms with Gasteiger partial charge in [0, 0.05) is 60.9 Å². The monoisotopic (exact) mass is 523 g/mol. The van der Waals surface area contributed by atoms with Crippen molar-refractivity contribution in [2.24, 2.45) is 0 Å². The number of rotatable bonds is 5. The lowest BCUT2D eigenvalue weighted by Crippen LogP contribution is -2.52. The Labute approximate surface area is 225 Å². The number of halogens is 1. The van der Waals surface area contributed by atoms with E-state index in [1.165, 1.54) is 0 Å². The topological polar surface area (TPSA) is 76.1 Å². The molecule has 1 saturated heterocycles. The second-order valence-corrected chi connectivity index (χ2v) is 13.2. The van der Waals surface area contributed by atoms with Crippen LogP contribution in [-0.4, -0.2) is 55.3 Å². The van der Waals surface area contributed by atoms with Crippen LogP contribution in [0, 0.1) is 19.8 Å². The molecule has 1 unspecified atom stereocenters. The zero-order valence-electron chi connectivity index (χ0n) is 24.4. The highest BCUT2D eigenvalue weighted by Gasteiger charge is 2.35. The second kappa shape index (κ2) is 9.43. The summed E-state index contributed by atoms with van der Waals surface area (Å²) in [7, 11) is 0. The van der Waals surface area contributed by atoms with Crippen LogP contribution in [0.3, 0.4) is 0 Å². The highest BCUT2D eigenvalue weighted by Crippen LogP contribution is 2.43. The van der Waals surface area contributed by atoms with Gasteiger partial charge in [-0.3, -0.25) is 9.47 Å². The fourth-order valence-corrected chi connectivity index (χ4v) is 5.50. The molecule has 206 valence electrons. The molecule has 4 heterocycles. The number of piperazine rings is 1. The summed E-state index contributed by atoms with van der Waals surface area (Å²) in [5.74, 6) is 2.24. The van der Waals surface area contributed by atoms with Crippen LogP contribution in [0.25, 0.3) is 5.69 Å². The number of anilines is 1. The fraction of sp³-hybridized carbons (Fsp3) is 0.655. The van der Waals surface area contributed by atoms with Crippen molar-refractivity contribution in [2.75, 3.05) is 24.5 Å². The van der Waals surface area contributed by atoms with E-state index in [0.717, 1.165) is 60.8 Å². The van der Waals surface area contributed by atoms with Crippen LogP contribution in [0.15, 0.2) is 10.7 Å². The van der Waals surface area contributed by atoms with Crippen molar-refractivity contribution in [3.8, 4) is 5.69 Å². The number of hydrogen-bond donors (Lipinski definition) is 0. The molecule has 0 N–H and O–H groups in total. The van der Waals surface area contributed by atoms with Crippen LogP contribution in [0.4, 0.5) is 10.3 Å². The van der Waals surface area contributed by atoms with Crippen molar-refractivity contribution in [3.05, 3.63) is 46.4 Å². The van der Waals surface area contributed by atoms with Crippen LogP contribution in [0.2, 0.25) is 0 Å². The van der Waals surface area contributed by atoms with Gasteiger partial charge >= 0.3 is 0 Å². The Kier molecular flexibility index (Phi) is 6.65. The third-order valence-corrected chi connectivity index (χ3v) is 7.80. The Balaban J connectivity index is 1.39. The Bertz CT molecular complexity index is 1330. The molecule has 2 aliphatic rings. The third kappa shape index (κ3) is 4.97. The first kappa shape index (κ1) is 26.8. The van der Waals surface area contributed by atoms with E-state index in [9.17, 15) is 0 Å². The number of imidazole rings is 1. The van der Waals surface area contributed by atoms with Crippen LogP contribution in [-0.2, 0) is 17.4 Å². The van der Waals surface area contributed by atoms with E-state index in [-0.39, 0.29) is 16.9 Å². The molecule has 0 radical (unpaired) electrons. The largest absolute Gasteiger partial charge is 0.337 e. The average molecular weight is 524 g/mol. The minimum Gasteiger partial charge on any atom is -0.337 e. The Morgan fingerprint density at radius 1 is 1.03 bits per heavy atom. The van der Waals surface area contributed by atoms with E-state index in [1.54, 1.807) is 6.20 Å². The Morgan fingerprint density at radius 3 is 2.32 bits per heavy atom. The van der Waals surface area contributed by atoms with E-state index < -0.39 is 5.95 Å². The first-order chi connectivity index (χ1) is 17.8. The Hall–Kier alpha value is -2.81. The molecule has 1 aliphatic heterocycles. The second-order valence-electron chi connectivity index (χ2n) is 13.2. The van der Waals surface area contributed by atoms with E-state index in [2.05, 4.69) is 84.9 Å². The Morgan fingerprint density at radius 2 is 1.74 bits per heavy atom. The number of hydrogen-bond acceptors (Lipinski definition) is 7. The summed E-state index contributed by atoms with van der Waals surface area (Å²) >= 11 is 0. The number of pyridine rings is 1. The lowest BCUT2D eigenvalue weighted by molar-refractivity contribution is 0.218. The summed E-state index contributed by atoms with van der Waals surface area (Å²) in [5, 5.41) is 4.25. The molecule has 0 aromatic carbocycles. The first-order valence-corrected chi connectivity index (χ1v) is 13.8. The molecular formula is C29H42FN7O. The molecule has 0 bridgehead atoms. The molecule has 9 heteroatoms. The van der Waals surface area contributed by atoms with Gasteiger partial charge in [-0.25, -0.2) is 9.97 Å². The predicted octanol–water partition coefficient (Wildman–Crippen LogP) is 5.59. The van der Waals surface area contributed by atoms with Gasteiger partial charge in [0.2, 0.25) is 11.8 Å². The van der Waals surface area contributed by atoms with Gasteiger partial charge in [-0.1, -0.05) is 41.5 Å². The normalized spacial score (nSPS) is 19.4. The molecule has 2 fully saturated rings. The maximum Gasteiger partial charge on any atom is 0.266 e. The summed E-state index contributed by atoms with van der Waals surface area (Å²) < 4.78 is 23.0. The predicted molar refractivity (Wildman–Crippen MR) is 147 cm³/mol. The fourth-order valence-electron chi connectivity index (χ4n) is 5.50. The van der Waals surface area contributed by atoms with E-state index in [4.69, 9.17) is 9.51 Å². The van der Waals surface area contributed by atoms with Gasteiger partial charge in [-0.05, 0) is 49.9 Å². The zero-order valence-corrected chi connectivity index (χ0v) is 24.4. The van der Waals surface area contributed by atoms with Crippen molar-refractivity contribution in [1.82, 2.24) is 29.6 Å². The minimum atomic E-state index is -0.431. The van der Waals surface area contributed by atoms with Crippen LogP contribution >= 0.6 is 0 Å². The lowest BCUT2D eigenvalue weighted by atomic mass is 9.91. The standard InChI is InChI=1S/C29H42FN7O/c1-17-15-35(12-13-36(17)27-33-26(38-34-27)29(7,8)9)16-21-14-31-24(30)22(18(21)2)37-19(3)23(28(4,5)6)32-25(37)20-10-11-20/h14,17,20H,10-13,15-16H2,1-9H3. The smallest absolute Gasteiger partial charge is 0.266 e. The third-order valence-electron chi connectivity index (χ3n) is 7.80. The van der Waals surface area contributed by atoms with Crippen molar-refractivity contribution in [2.45, 2.75) is 104 Å². The average Bonchev–Trinajstić information content (AvgIpc) is 3.42. The highest BCUT2D eigenvalue weighted by atomic mass is 19.1. The molecular weight excluding hydrogens is 481 g/mol. The SMILES string of the molecule is Cc1c(CN2CCN(c3noc(C(C)(C)C)n3)C(C)C2)cnc(F)c1-n1c(C2CC2)nc(C(C)(C)C)c1C.